The second kappa shape index (κ2) is 5.84. The van der Waals surface area contributed by atoms with Gasteiger partial charge >= 0.3 is 5.91 Å². The van der Waals surface area contributed by atoms with Gasteiger partial charge in [-0.25, -0.2) is 8.42 Å². The van der Waals surface area contributed by atoms with Crippen LogP contribution in [0.15, 0.2) is 45.9 Å². The summed E-state index contributed by atoms with van der Waals surface area (Å²) in [6, 6.07) is 6.67. The van der Waals surface area contributed by atoms with Gasteiger partial charge in [-0.15, -0.1) is 4.83 Å². The van der Waals surface area contributed by atoms with Crippen LogP contribution in [0.25, 0.3) is 0 Å². The molecule has 0 spiro atoms. The van der Waals surface area contributed by atoms with E-state index in [0.29, 0.717) is 0 Å². The summed E-state index contributed by atoms with van der Waals surface area (Å²) in [4.78, 5) is 13.3. The Labute approximate surface area is 124 Å². The minimum atomic E-state index is -3.95. The lowest BCUT2D eigenvalue weighted by Crippen LogP contribution is -2.41. The molecule has 1 amide bonds. The molecule has 0 atom stereocenters. The highest BCUT2D eigenvalue weighted by atomic mass is 35.5. The van der Waals surface area contributed by atoms with E-state index in [9.17, 15) is 13.2 Å². The first-order chi connectivity index (χ1) is 9.40. The molecule has 2 rings (SSSR count). The Bertz CT molecular complexity index is 729. The number of amides is 1. The standard InChI is InChI=1S/C11H8Cl2N2O4S/c12-8-4-3-7(6-9(8)13)20(17,18)15-14-11(16)10-2-1-5-19-10/h1-6,15H,(H,14,16). The van der Waals surface area contributed by atoms with Gasteiger partial charge in [-0.2, -0.15) is 0 Å². The highest BCUT2D eigenvalue weighted by molar-refractivity contribution is 7.89. The van der Waals surface area contributed by atoms with E-state index in [2.05, 4.69) is 0 Å². The van der Waals surface area contributed by atoms with Crippen molar-refractivity contribution in [1.29, 1.82) is 0 Å². The van der Waals surface area contributed by atoms with Crippen LogP contribution in [0.4, 0.5) is 0 Å². The van der Waals surface area contributed by atoms with Gasteiger partial charge in [0.25, 0.3) is 10.0 Å². The van der Waals surface area contributed by atoms with Crippen molar-refractivity contribution < 1.29 is 17.6 Å². The van der Waals surface area contributed by atoms with Crippen LogP contribution < -0.4 is 10.3 Å². The Kier molecular flexibility index (Phi) is 4.34. The minimum absolute atomic E-state index is 0.0261. The molecule has 9 heteroatoms. The molecule has 1 aromatic heterocycles. The van der Waals surface area contributed by atoms with Crippen molar-refractivity contribution in [3.05, 3.63) is 52.4 Å². The fourth-order valence-corrected chi connectivity index (χ4v) is 2.51. The first kappa shape index (κ1) is 14.9. The van der Waals surface area contributed by atoms with E-state index in [-0.39, 0.29) is 20.7 Å². The molecule has 106 valence electrons. The van der Waals surface area contributed by atoms with E-state index in [1.165, 1.54) is 36.6 Å². The molecule has 0 aliphatic heterocycles. The van der Waals surface area contributed by atoms with Crippen molar-refractivity contribution >= 4 is 39.1 Å². The molecular formula is C11H8Cl2N2O4S. The predicted octanol–water partition coefficient (Wildman–Crippen LogP) is 2.21. The largest absolute Gasteiger partial charge is 0.459 e. The van der Waals surface area contributed by atoms with Gasteiger partial charge in [0.15, 0.2) is 5.76 Å². The molecule has 0 aliphatic rings. The fourth-order valence-electron chi connectivity index (χ4n) is 1.29. The number of carbonyl (C=O) groups excluding carboxylic acids is 1. The minimum Gasteiger partial charge on any atom is -0.459 e. The highest BCUT2D eigenvalue weighted by Gasteiger charge is 2.17. The number of rotatable bonds is 4. The van der Waals surface area contributed by atoms with E-state index >= 15 is 0 Å². The predicted molar refractivity (Wildman–Crippen MR) is 73.0 cm³/mol. The van der Waals surface area contributed by atoms with Gasteiger partial charge in [0.1, 0.15) is 0 Å². The van der Waals surface area contributed by atoms with Crippen molar-refractivity contribution in [2.75, 3.05) is 0 Å². The highest BCUT2D eigenvalue weighted by Crippen LogP contribution is 2.24. The Morgan fingerprint density at radius 2 is 1.90 bits per heavy atom. The number of sulfonamides is 1. The molecule has 2 aromatic rings. The summed E-state index contributed by atoms with van der Waals surface area (Å²) in [5.74, 6) is -0.750. The summed E-state index contributed by atoms with van der Waals surface area (Å²) in [6.45, 7) is 0. The Morgan fingerprint density at radius 3 is 2.50 bits per heavy atom. The average molecular weight is 335 g/mol. The summed E-state index contributed by atoms with van der Waals surface area (Å²) >= 11 is 11.4. The van der Waals surface area contributed by atoms with Gasteiger partial charge in [-0.1, -0.05) is 23.2 Å². The molecule has 0 saturated heterocycles. The number of halogens is 2. The van der Waals surface area contributed by atoms with Gasteiger partial charge < -0.3 is 4.42 Å². The van der Waals surface area contributed by atoms with Crippen molar-refractivity contribution in [3.63, 3.8) is 0 Å². The first-order valence-electron chi connectivity index (χ1n) is 5.21. The summed E-state index contributed by atoms with van der Waals surface area (Å²) in [6.07, 6.45) is 1.29. The monoisotopic (exact) mass is 334 g/mol. The summed E-state index contributed by atoms with van der Waals surface area (Å²) < 4.78 is 28.6. The molecule has 0 aliphatic carbocycles. The quantitative estimate of drug-likeness (QED) is 0.839. The molecule has 1 heterocycles. The molecule has 0 fully saturated rings. The van der Waals surface area contributed by atoms with Crippen LogP contribution >= 0.6 is 23.2 Å². The number of benzene rings is 1. The summed E-state index contributed by atoms with van der Waals surface area (Å²) in [5.41, 5.74) is 2.01. The number of nitrogens with one attached hydrogen (secondary N) is 2. The Hall–Kier alpha value is -1.54. The molecular weight excluding hydrogens is 327 g/mol. The summed E-state index contributed by atoms with van der Waals surface area (Å²) in [5, 5.41) is 0.317. The average Bonchev–Trinajstić information content (AvgIpc) is 2.93. The first-order valence-corrected chi connectivity index (χ1v) is 7.45. The van der Waals surface area contributed by atoms with Gasteiger partial charge in [0, 0.05) is 0 Å². The Balaban J connectivity index is 2.11. The number of furan rings is 1. The van der Waals surface area contributed by atoms with Crippen LogP contribution in [0.3, 0.4) is 0 Å². The number of carbonyl (C=O) groups is 1. The number of hydrazine groups is 1. The molecule has 0 radical (unpaired) electrons. The zero-order valence-corrected chi connectivity index (χ0v) is 12.1. The van der Waals surface area contributed by atoms with E-state index in [4.69, 9.17) is 27.6 Å². The van der Waals surface area contributed by atoms with Crippen LogP contribution in [-0.4, -0.2) is 14.3 Å². The third-order valence-electron chi connectivity index (χ3n) is 2.25. The normalized spacial score (nSPS) is 11.3. The zero-order valence-electron chi connectivity index (χ0n) is 9.76. The maximum Gasteiger partial charge on any atom is 0.301 e. The Morgan fingerprint density at radius 1 is 1.15 bits per heavy atom. The fraction of sp³-hybridized carbons (Fsp3) is 0. The van der Waals surface area contributed by atoms with Gasteiger partial charge in [0.05, 0.1) is 21.2 Å². The van der Waals surface area contributed by atoms with Crippen LogP contribution in [0.2, 0.25) is 10.0 Å². The number of hydrogen-bond donors (Lipinski definition) is 2. The van der Waals surface area contributed by atoms with Crippen molar-refractivity contribution in [1.82, 2.24) is 10.3 Å². The van der Waals surface area contributed by atoms with Crippen LogP contribution in [0, 0.1) is 0 Å². The second-order valence-electron chi connectivity index (χ2n) is 3.61. The molecule has 2 N–H and O–H groups in total. The maximum atomic E-state index is 11.9. The van der Waals surface area contributed by atoms with E-state index in [1.54, 1.807) is 0 Å². The van der Waals surface area contributed by atoms with Crippen LogP contribution in [0.5, 0.6) is 0 Å². The van der Waals surface area contributed by atoms with E-state index in [1.807, 2.05) is 10.3 Å². The maximum absolute atomic E-state index is 11.9. The molecule has 6 nitrogen and oxygen atoms in total. The van der Waals surface area contributed by atoms with Crippen LogP contribution in [0.1, 0.15) is 10.6 Å². The van der Waals surface area contributed by atoms with Crippen molar-refractivity contribution in [2.24, 2.45) is 0 Å². The second-order valence-corrected chi connectivity index (χ2v) is 6.11. The lowest BCUT2D eigenvalue weighted by atomic mass is 10.4. The number of hydrogen-bond acceptors (Lipinski definition) is 4. The van der Waals surface area contributed by atoms with Gasteiger partial charge in [0.2, 0.25) is 0 Å². The topological polar surface area (TPSA) is 88.4 Å². The lowest BCUT2D eigenvalue weighted by molar-refractivity contribution is 0.0917. The summed E-state index contributed by atoms with van der Waals surface area (Å²) in [7, 11) is -3.95. The van der Waals surface area contributed by atoms with Crippen molar-refractivity contribution in [3.8, 4) is 0 Å². The molecule has 20 heavy (non-hydrogen) atoms. The molecule has 1 aromatic carbocycles. The third-order valence-corrected chi connectivity index (χ3v) is 4.23. The molecule has 0 unspecified atom stereocenters. The smallest absolute Gasteiger partial charge is 0.301 e. The van der Waals surface area contributed by atoms with E-state index in [0.717, 1.165) is 0 Å². The van der Waals surface area contributed by atoms with Gasteiger partial charge in [-0.3, -0.25) is 10.2 Å². The SMILES string of the molecule is O=C(NNS(=O)(=O)c1ccc(Cl)c(Cl)c1)c1ccco1. The molecule has 0 saturated carbocycles. The third kappa shape index (κ3) is 3.31. The van der Waals surface area contributed by atoms with Crippen LogP contribution in [-0.2, 0) is 10.0 Å². The molecule has 0 bridgehead atoms. The van der Waals surface area contributed by atoms with Crippen molar-refractivity contribution in [2.45, 2.75) is 4.90 Å². The van der Waals surface area contributed by atoms with Gasteiger partial charge in [-0.05, 0) is 30.3 Å². The van der Waals surface area contributed by atoms with E-state index < -0.39 is 15.9 Å². The lowest BCUT2D eigenvalue weighted by Gasteiger charge is -2.08. The zero-order chi connectivity index (χ0) is 14.8.